The predicted octanol–water partition coefficient (Wildman–Crippen LogP) is 4.26. The molecule has 0 aromatic heterocycles. The second-order valence-corrected chi connectivity index (χ2v) is 5.85. The lowest BCUT2D eigenvalue weighted by Crippen LogP contribution is -2.19. The van der Waals surface area contributed by atoms with Gasteiger partial charge in [0, 0.05) is 12.8 Å². The minimum atomic E-state index is -0.801. The first-order chi connectivity index (χ1) is 10.6. The van der Waals surface area contributed by atoms with Crippen LogP contribution in [0, 0.1) is 0 Å². The van der Waals surface area contributed by atoms with Crippen molar-refractivity contribution >= 4 is 11.8 Å². The van der Waals surface area contributed by atoms with Gasteiger partial charge in [-0.05, 0) is 25.7 Å². The smallest absolute Gasteiger partial charge is 0.303 e. The van der Waals surface area contributed by atoms with Crippen molar-refractivity contribution < 1.29 is 19.8 Å². The number of ketones is 1. The van der Waals surface area contributed by atoms with Crippen molar-refractivity contribution in [2.45, 2.75) is 90.1 Å². The van der Waals surface area contributed by atoms with Crippen LogP contribution in [0.5, 0.6) is 0 Å². The van der Waals surface area contributed by atoms with Crippen LogP contribution in [-0.4, -0.2) is 28.1 Å². The Morgan fingerprint density at radius 3 is 2.32 bits per heavy atom. The normalized spacial score (nSPS) is 12.6. The molecule has 1 unspecified atom stereocenters. The van der Waals surface area contributed by atoms with E-state index < -0.39 is 12.1 Å². The molecule has 0 aromatic rings. The van der Waals surface area contributed by atoms with Crippen LogP contribution in [0.3, 0.4) is 0 Å². The molecule has 0 radical (unpaired) electrons. The molecule has 0 amide bonds. The van der Waals surface area contributed by atoms with Gasteiger partial charge >= 0.3 is 5.97 Å². The van der Waals surface area contributed by atoms with Crippen molar-refractivity contribution in [1.82, 2.24) is 0 Å². The van der Waals surface area contributed by atoms with Crippen LogP contribution < -0.4 is 0 Å². The molecule has 0 aliphatic rings. The van der Waals surface area contributed by atoms with Gasteiger partial charge in [0.15, 0.2) is 5.78 Å². The summed E-state index contributed by atoms with van der Waals surface area (Å²) in [7, 11) is 0. The number of rotatable bonds is 15. The summed E-state index contributed by atoms with van der Waals surface area (Å²) in [5, 5.41) is 18.2. The molecule has 4 heteroatoms. The van der Waals surface area contributed by atoms with Crippen molar-refractivity contribution in [2.24, 2.45) is 0 Å². The fourth-order valence-corrected chi connectivity index (χ4v) is 2.27. The average molecular weight is 312 g/mol. The molecule has 2 N–H and O–H groups in total. The third kappa shape index (κ3) is 13.8. The summed E-state index contributed by atoms with van der Waals surface area (Å²) in [6, 6.07) is 0. The summed E-state index contributed by atoms with van der Waals surface area (Å²) >= 11 is 0. The molecule has 0 heterocycles. The molecular formula is C18H32O4. The van der Waals surface area contributed by atoms with E-state index in [1.54, 1.807) is 0 Å². The van der Waals surface area contributed by atoms with E-state index in [0.717, 1.165) is 57.8 Å². The minimum Gasteiger partial charge on any atom is -0.481 e. The quantitative estimate of drug-likeness (QED) is 0.350. The molecule has 0 bridgehead atoms. The first-order valence-electron chi connectivity index (χ1n) is 8.65. The number of unbranched alkanes of at least 4 members (excludes halogenated alkanes) is 7. The molecule has 0 aliphatic carbocycles. The highest BCUT2D eigenvalue weighted by Crippen LogP contribution is 2.09. The second kappa shape index (κ2) is 14.8. The first-order valence-corrected chi connectivity index (χ1v) is 8.65. The number of carboxylic acids is 1. The number of carbonyl (C=O) groups excluding carboxylic acids is 1. The average Bonchev–Trinajstić information content (AvgIpc) is 2.48. The number of aliphatic hydroxyl groups is 1. The van der Waals surface area contributed by atoms with Gasteiger partial charge in [-0.3, -0.25) is 9.59 Å². The maximum Gasteiger partial charge on any atom is 0.303 e. The third-order valence-corrected chi connectivity index (χ3v) is 3.70. The second-order valence-electron chi connectivity index (χ2n) is 5.85. The van der Waals surface area contributed by atoms with Crippen LogP contribution in [0.4, 0.5) is 0 Å². The Morgan fingerprint density at radius 2 is 1.64 bits per heavy atom. The number of hydrogen-bond donors (Lipinski definition) is 2. The van der Waals surface area contributed by atoms with Crippen LogP contribution in [0.25, 0.3) is 0 Å². The maximum absolute atomic E-state index is 11.7. The van der Waals surface area contributed by atoms with Crippen LogP contribution in [0.2, 0.25) is 0 Å². The standard InChI is InChI=1S/C18H32O4/c1-2-3-10-13-16(19)17(20)14-11-8-6-4-5-7-9-12-15-18(21)22/h8,11,16,19H,2-7,9-10,12-15H2,1H3,(H,21,22)/b11-8+. The van der Waals surface area contributed by atoms with Gasteiger partial charge in [0.05, 0.1) is 0 Å². The Bertz CT molecular complexity index is 323. The monoisotopic (exact) mass is 312 g/mol. The Labute approximate surface area is 134 Å². The fourth-order valence-electron chi connectivity index (χ4n) is 2.27. The predicted molar refractivity (Wildman–Crippen MR) is 88.9 cm³/mol. The zero-order valence-electron chi connectivity index (χ0n) is 13.9. The Balaban J connectivity index is 3.45. The summed E-state index contributed by atoms with van der Waals surface area (Å²) in [4.78, 5) is 22.0. The van der Waals surface area contributed by atoms with Crippen LogP contribution in [0.1, 0.15) is 84.0 Å². The van der Waals surface area contributed by atoms with Crippen molar-refractivity contribution in [3.8, 4) is 0 Å². The molecule has 0 aromatic carbocycles. The van der Waals surface area contributed by atoms with Gasteiger partial charge < -0.3 is 10.2 Å². The molecule has 1 atom stereocenters. The van der Waals surface area contributed by atoms with Gasteiger partial charge in [-0.2, -0.15) is 0 Å². The number of aliphatic carboxylic acids is 1. The van der Waals surface area contributed by atoms with E-state index in [1.165, 1.54) is 0 Å². The van der Waals surface area contributed by atoms with Crippen molar-refractivity contribution in [3.05, 3.63) is 12.2 Å². The lowest BCUT2D eigenvalue weighted by molar-refractivity contribution is -0.137. The van der Waals surface area contributed by atoms with E-state index >= 15 is 0 Å². The maximum atomic E-state index is 11.7. The van der Waals surface area contributed by atoms with Gasteiger partial charge in [0.2, 0.25) is 0 Å². The summed E-state index contributed by atoms with van der Waals surface area (Å²) in [6.07, 6.45) is 13.2. The topological polar surface area (TPSA) is 74.6 Å². The van der Waals surface area contributed by atoms with Crippen molar-refractivity contribution in [3.63, 3.8) is 0 Å². The third-order valence-electron chi connectivity index (χ3n) is 3.70. The zero-order valence-corrected chi connectivity index (χ0v) is 13.9. The van der Waals surface area contributed by atoms with Gasteiger partial charge in [0.25, 0.3) is 0 Å². The Hall–Kier alpha value is -1.16. The van der Waals surface area contributed by atoms with E-state index in [1.807, 2.05) is 12.2 Å². The molecular weight excluding hydrogens is 280 g/mol. The van der Waals surface area contributed by atoms with E-state index in [-0.39, 0.29) is 12.2 Å². The minimum absolute atomic E-state index is 0.0824. The number of hydrogen-bond acceptors (Lipinski definition) is 3. The van der Waals surface area contributed by atoms with Crippen molar-refractivity contribution in [2.75, 3.05) is 0 Å². The van der Waals surface area contributed by atoms with E-state index in [2.05, 4.69) is 6.92 Å². The van der Waals surface area contributed by atoms with Gasteiger partial charge in [-0.15, -0.1) is 0 Å². The SMILES string of the molecule is CCCCCC(O)C(=O)C/C=C/CCCCCCCC(=O)O. The molecule has 4 nitrogen and oxygen atoms in total. The number of carbonyl (C=O) groups is 2. The molecule has 0 aliphatic heterocycles. The molecule has 0 spiro atoms. The number of Topliss-reactive ketones (excluding diaryl/α,β-unsaturated/α-hetero) is 1. The number of allylic oxidation sites excluding steroid dienone is 2. The Morgan fingerprint density at radius 1 is 0.955 bits per heavy atom. The summed E-state index contributed by atoms with van der Waals surface area (Å²) in [6.45, 7) is 2.10. The van der Waals surface area contributed by atoms with E-state index in [4.69, 9.17) is 5.11 Å². The van der Waals surface area contributed by atoms with Gasteiger partial charge in [-0.1, -0.05) is 57.6 Å². The van der Waals surface area contributed by atoms with E-state index in [0.29, 0.717) is 12.8 Å². The lowest BCUT2D eigenvalue weighted by atomic mass is 10.0. The molecule has 128 valence electrons. The molecule has 0 fully saturated rings. The van der Waals surface area contributed by atoms with E-state index in [9.17, 15) is 14.7 Å². The zero-order chi connectivity index (χ0) is 16.6. The summed E-state index contributed by atoms with van der Waals surface area (Å²) in [5.41, 5.74) is 0. The lowest BCUT2D eigenvalue weighted by Gasteiger charge is -2.07. The molecule has 0 rings (SSSR count). The summed E-state index contributed by atoms with van der Waals surface area (Å²) < 4.78 is 0. The highest BCUT2D eigenvalue weighted by Gasteiger charge is 2.12. The molecule has 0 saturated carbocycles. The van der Waals surface area contributed by atoms with Gasteiger partial charge in [-0.25, -0.2) is 0 Å². The highest BCUT2D eigenvalue weighted by molar-refractivity contribution is 5.84. The number of carboxylic acid groups (broad SMARTS) is 1. The molecule has 22 heavy (non-hydrogen) atoms. The van der Waals surface area contributed by atoms with Crippen LogP contribution >= 0.6 is 0 Å². The largest absolute Gasteiger partial charge is 0.481 e. The fraction of sp³-hybridized carbons (Fsp3) is 0.778. The first kappa shape index (κ1) is 20.8. The molecule has 0 saturated heterocycles. The van der Waals surface area contributed by atoms with Crippen LogP contribution in [-0.2, 0) is 9.59 Å². The van der Waals surface area contributed by atoms with Crippen LogP contribution in [0.15, 0.2) is 12.2 Å². The number of aliphatic hydroxyl groups excluding tert-OH is 1. The Kier molecular flexibility index (Phi) is 14.0. The highest BCUT2D eigenvalue weighted by atomic mass is 16.4. The van der Waals surface area contributed by atoms with Crippen molar-refractivity contribution in [1.29, 1.82) is 0 Å². The van der Waals surface area contributed by atoms with Gasteiger partial charge in [0.1, 0.15) is 6.10 Å². The summed E-state index contributed by atoms with van der Waals surface area (Å²) in [5.74, 6) is -0.800.